The Bertz CT molecular complexity index is 562. The number of hydrogen-bond acceptors (Lipinski definition) is 4. The first-order chi connectivity index (χ1) is 9.83. The van der Waals surface area contributed by atoms with Crippen molar-refractivity contribution in [3.8, 4) is 5.75 Å². The van der Waals surface area contributed by atoms with Gasteiger partial charge in [0.1, 0.15) is 0 Å². The molecule has 0 unspecified atom stereocenters. The minimum absolute atomic E-state index is 0.303. The van der Waals surface area contributed by atoms with E-state index in [9.17, 15) is 4.39 Å². The van der Waals surface area contributed by atoms with E-state index in [1.807, 2.05) is 0 Å². The molecular weight excluding hydrogens is 275 g/mol. The molecule has 1 N–H and O–H groups in total. The summed E-state index contributed by atoms with van der Waals surface area (Å²) in [5.74, 6) is 0.0263. The van der Waals surface area contributed by atoms with Gasteiger partial charge in [-0.25, -0.2) is 9.37 Å². The van der Waals surface area contributed by atoms with Crippen molar-refractivity contribution in [2.75, 3.05) is 13.2 Å². The Morgan fingerprint density at radius 2 is 2.25 bits per heavy atom. The van der Waals surface area contributed by atoms with Crippen molar-refractivity contribution in [1.82, 2.24) is 10.3 Å². The normalized spacial score (nSPS) is 14.1. The predicted octanol–water partition coefficient (Wildman–Crippen LogP) is 2.94. The third-order valence-corrected chi connectivity index (χ3v) is 4.43. The van der Waals surface area contributed by atoms with Gasteiger partial charge in [0.2, 0.25) is 0 Å². The molecule has 20 heavy (non-hydrogen) atoms. The number of nitrogens with zero attached hydrogens (tertiary/aromatic N) is 1. The highest BCUT2D eigenvalue weighted by Crippen LogP contribution is 2.22. The number of nitrogens with one attached hydrogen (secondary N) is 1. The van der Waals surface area contributed by atoms with Crippen LogP contribution in [0.25, 0.3) is 0 Å². The quantitative estimate of drug-likeness (QED) is 0.860. The highest BCUT2D eigenvalue weighted by Gasteiger charge is 2.14. The van der Waals surface area contributed by atoms with Crippen molar-refractivity contribution in [3.63, 3.8) is 0 Å². The SMILES string of the molecule is Fc1ccccc1OCCCc1nc2c(s1)CNCC2. The van der Waals surface area contributed by atoms with Crippen LogP contribution in [0.15, 0.2) is 24.3 Å². The first-order valence-corrected chi connectivity index (χ1v) is 7.70. The van der Waals surface area contributed by atoms with E-state index in [0.29, 0.717) is 12.4 Å². The molecule has 0 aliphatic carbocycles. The summed E-state index contributed by atoms with van der Waals surface area (Å²) >= 11 is 1.78. The smallest absolute Gasteiger partial charge is 0.165 e. The lowest BCUT2D eigenvalue weighted by atomic mass is 10.2. The number of aryl methyl sites for hydroxylation is 1. The molecule has 0 radical (unpaired) electrons. The summed E-state index contributed by atoms with van der Waals surface area (Å²) in [6.07, 6.45) is 2.78. The average Bonchev–Trinajstić information content (AvgIpc) is 2.88. The van der Waals surface area contributed by atoms with Gasteiger partial charge < -0.3 is 10.1 Å². The van der Waals surface area contributed by atoms with Crippen LogP contribution in [0.5, 0.6) is 5.75 Å². The van der Waals surface area contributed by atoms with Gasteiger partial charge in [0, 0.05) is 30.8 Å². The molecule has 0 bridgehead atoms. The third-order valence-electron chi connectivity index (χ3n) is 3.28. The van der Waals surface area contributed by atoms with Gasteiger partial charge in [0.15, 0.2) is 11.6 Å². The van der Waals surface area contributed by atoms with Crippen LogP contribution in [-0.4, -0.2) is 18.1 Å². The lowest BCUT2D eigenvalue weighted by Gasteiger charge is -2.09. The Balaban J connectivity index is 1.48. The molecule has 0 fully saturated rings. The minimum Gasteiger partial charge on any atom is -0.491 e. The first-order valence-electron chi connectivity index (χ1n) is 6.88. The van der Waals surface area contributed by atoms with Gasteiger partial charge in [-0.05, 0) is 18.6 Å². The summed E-state index contributed by atoms with van der Waals surface area (Å²) in [5.41, 5.74) is 1.25. The van der Waals surface area contributed by atoms with E-state index in [-0.39, 0.29) is 5.82 Å². The number of benzene rings is 1. The Hall–Kier alpha value is -1.46. The van der Waals surface area contributed by atoms with E-state index in [4.69, 9.17) is 4.74 Å². The van der Waals surface area contributed by atoms with Crippen LogP contribution >= 0.6 is 11.3 Å². The van der Waals surface area contributed by atoms with Gasteiger partial charge in [-0.3, -0.25) is 0 Å². The molecule has 1 aromatic heterocycles. The van der Waals surface area contributed by atoms with Gasteiger partial charge in [-0.15, -0.1) is 11.3 Å². The third kappa shape index (κ3) is 3.16. The second-order valence-electron chi connectivity index (χ2n) is 4.79. The summed E-state index contributed by atoms with van der Waals surface area (Å²) < 4.78 is 18.8. The molecule has 0 saturated heterocycles. The van der Waals surface area contributed by atoms with Gasteiger partial charge in [-0.2, -0.15) is 0 Å². The predicted molar refractivity (Wildman–Crippen MR) is 77.7 cm³/mol. The second-order valence-corrected chi connectivity index (χ2v) is 5.95. The van der Waals surface area contributed by atoms with Gasteiger partial charge in [0.25, 0.3) is 0 Å². The highest BCUT2D eigenvalue weighted by molar-refractivity contribution is 7.11. The molecule has 3 rings (SSSR count). The number of aromatic nitrogens is 1. The molecule has 1 aromatic carbocycles. The summed E-state index contributed by atoms with van der Waals surface area (Å²) in [6.45, 7) is 2.48. The molecule has 106 valence electrons. The Kier molecular flexibility index (Phi) is 4.28. The van der Waals surface area contributed by atoms with E-state index >= 15 is 0 Å². The Morgan fingerprint density at radius 1 is 1.35 bits per heavy atom. The molecule has 0 atom stereocenters. The molecule has 2 heterocycles. The van der Waals surface area contributed by atoms with Crippen molar-refractivity contribution in [2.24, 2.45) is 0 Å². The van der Waals surface area contributed by atoms with Crippen molar-refractivity contribution in [1.29, 1.82) is 0 Å². The number of ether oxygens (including phenoxy) is 1. The molecule has 3 nitrogen and oxygen atoms in total. The Labute approximate surface area is 121 Å². The zero-order valence-corrected chi connectivity index (χ0v) is 12.0. The molecule has 2 aromatic rings. The van der Waals surface area contributed by atoms with Crippen molar-refractivity contribution >= 4 is 11.3 Å². The average molecular weight is 292 g/mol. The summed E-state index contributed by atoms with van der Waals surface area (Å²) in [5, 5.41) is 4.52. The standard InChI is InChI=1S/C15H17FN2OS/c16-11-4-1-2-5-13(11)19-9-3-6-15-18-12-7-8-17-10-14(12)20-15/h1-2,4-5,17H,3,6-10H2. The molecular formula is C15H17FN2OS. The number of thiazole rings is 1. The van der Waals surface area contributed by atoms with Crippen LogP contribution < -0.4 is 10.1 Å². The fraction of sp³-hybridized carbons (Fsp3) is 0.400. The molecule has 0 saturated carbocycles. The van der Waals surface area contributed by atoms with E-state index in [1.54, 1.807) is 29.5 Å². The van der Waals surface area contributed by atoms with Crippen LogP contribution in [0.2, 0.25) is 0 Å². The van der Waals surface area contributed by atoms with Crippen LogP contribution in [0, 0.1) is 5.82 Å². The maximum atomic E-state index is 13.4. The van der Waals surface area contributed by atoms with E-state index in [1.165, 1.54) is 16.6 Å². The van der Waals surface area contributed by atoms with E-state index < -0.39 is 0 Å². The van der Waals surface area contributed by atoms with E-state index in [2.05, 4.69) is 10.3 Å². The largest absolute Gasteiger partial charge is 0.491 e. The van der Waals surface area contributed by atoms with Crippen LogP contribution in [0.1, 0.15) is 22.0 Å². The zero-order chi connectivity index (χ0) is 13.8. The maximum absolute atomic E-state index is 13.4. The summed E-state index contributed by atoms with van der Waals surface area (Å²) in [6, 6.07) is 6.51. The number of rotatable bonds is 5. The lowest BCUT2D eigenvalue weighted by Crippen LogP contribution is -2.22. The van der Waals surface area contributed by atoms with Gasteiger partial charge >= 0.3 is 0 Å². The number of fused-ring (bicyclic) bond motifs is 1. The van der Waals surface area contributed by atoms with E-state index in [0.717, 1.165) is 37.4 Å². The second kappa shape index (κ2) is 6.33. The first kappa shape index (κ1) is 13.5. The van der Waals surface area contributed by atoms with Crippen LogP contribution in [0.4, 0.5) is 4.39 Å². The van der Waals surface area contributed by atoms with Crippen LogP contribution in [0.3, 0.4) is 0 Å². The number of para-hydroxylation sites is 1. The molecule has 0 spiro atoms. The zero-order valence-electron chi connectivity index (χ0n) is 11.2. The summed E-state index contributed by atoms with van der Waals surface area (Å²) in [7, 11) is 0. The van der Waals surface area contributed by atoms with Gasteiger partial charge in [-0.1, -0.05) is 12.1 Å². The molecule has 1 aliphatic heterocycles. The Morgan fingerprint density at radius 3 is 3.10 bits per heavy atom. The van der Waals surface area contributed by atoms with Crippen molar-refractivity contribution < 1.29 is 9.13 Å². The molecule has 5 heteroatoms. The number of halogens is 1. The molecule has 0 amide bonds. The fourth-order valence-corrected chi connectivity index (χ4v) is 3.38. The fourth-order valence-electron chi connectivity index (χ4n) is 2.25. The summed E-state index contributed by atoms with van der Waals surface area (Å²) in [4.78, 5) is 6.02. The molecule has 1 aliphatic rings. The maximum Gasteiger partial charge on any atom is 0.165 e. The van der Waals surface area contributed by atoms with Crippen molar-refractivity contribution in [2.45, 2.75) is 25.8 Å². The minimum atomic E-state index is -0.303. The highest BCUT2D eigenvalue weighted by atomic mass is 32.1. The number of hydrogen-bond donors (Lipinski definition) is 1. The van der Waals surface area contributed by atoms with Gasteiger partial charge in [0.05, 0.1) is 17.3 Å². The van der Waals surface area contributed by atoms with Crippen molar-refractivity contribution in [3.05, 3.63) is 45.7 Å². The topological polar surface area (TPSA) is 34.1 Å². The monoisotopic (exact) mass is 292 g/mol. The van der Waals surface area contributed by atoms with Crippen LogP contribution in [-0.2, 0) is 19.4 Å². The lowest BCUT2D eigenvalue weighted by molar-refractivity contribution is 0.295.